The molecule has 0 aliphatic carbocycles. The van der Waals surface area contributed by atoms with Crippen LogP contribution in [0.15, 0.2) is 18.5 Å². The van der Waals surface area contributed by atoms with E-state index < -0.39 is 4.92 Å². The van der Waals surface area contributed by atoms with Gasteiger partial charge in [0.15, 0.2) is 0 Å². The van der Waals surface area contributed by atoms with Gasteiger partial charge in [0, 0.05) is 19.3 Å². The first-order chi connectivity index (χ1) is 8.19. The molecule has 1 aromatic heterocycles. The molecule has 1 heterocycles. The average Bonchev–Trinajstić information content (AvgIpc) is 2.30. The van der Waals surface area contributed by atoms with E-state index in [1.165, 1.54) is 12.4 Å². The van der Waals surface area contributed by atoms with Gasteiger partial charge < -0.3 is 10.1 Å². The minimum atomic E-state index is -0.439. The maximum absolute atomic E-state index is 10.8. The summed E-state index contributed by atoms with van der Waals surface area (Å²) in [6.45, 7) is 2.58. The highest BCUT2D eigenvalue weighted by molar-refractivity contribution is 5.60. The molecule has 0 radical (unpaired) electrons. The van der Waals surface area contributed by atoms with Gasteiger partial charge in [-0.15, -0.1) is 0 Å². The monoisotopic (exact) mass is 239 g/mol. The molecule has 0 bridgehead atoms. The number of ether oxygens (including phenoxy) is 1. The highest BCUT2D eigenvalue weighted by Crippen LogP contribution is 2.23. The minimum absolute atomic E-state index is 0.00953. The number of nitro groups is 1. The molecule has 1 rings (SSSR count). The molecule has 1 aromatic rings. The summed E-state index contributed by atoms with van der Waals surface area (Å²) in [4.78, 5) is 14.1. The molecular weight excluding hydrogens is 222 g/mol. The second kappa shape index (κ2) is 6.80. The van der Waals surface area contributed by atoms with Crippen molar-refractivity contribution in [3.05, 3.63) is 28.6 Å². The molecule has 17 heavy (non-hydrogen) atoms. The van der Waals surface area contributed by atoms with E-state index in [1.807, 2.05) is 0 Å². The smallest absolute Gasteiger partial charge is 0.310 e. The summed E-state index contributed by atoms with van der Waals surface area (Å²) in [6, 6.07) is 1.68. The first-order valence-corrected chi connectivity index (χ1v) is 5.53. The van der Waals surface area contributed by atoms with Gasteiger partial charge in [0.1, 0.15) is 11.9 Å². The fraction of sp³-hybridized carbons (Fsp3) is 0.545. The molecule has 0 aliphatic rings. The second-order valence-electron chi connectivity index (χ2n) is 3.74. The lowest BCUT2D eigenvalue weighted by molar-refractivity contribution is -0.384. The lowest BCUT2D eigenvalue weighted by Gasteiger charge is -2.18. The van der Waals surface area contributed by atoms with Crippen LogP contribution in [0.3, 0.4) is 0 Å². The van der Waals surface area contributed by atoms with Crippen molar-refractivity contribution < 1.29 is 9.66 Å². The Bertz CT molecular complexity index is 365. The number of anilines is 1. The van der Waals surface area contributed by atoms with Crippen molar-refractivity contribution in [1.29, 1.82) is 0 Å². The van der Waals surface area contributed by atoms with Crippen molar-refractivity contribution in [1.82, 2.24) is 4.98 Å². The minimum Gasteiger partial charge on any atom is -0.383 e. The molecule has 0 aromatic carbocycles. The molecule has 0 fully saturated rings. The third-order valence-electron chi connectivity index (χ3n) is 2.36. The van der Waals surface area contributed by atoms with Crippen LogP contribution in [-0.2, 0) is 4.74 Å². The van der Waals surface area contributed by atoms with Crippen LogP contribution in [0.2, 0.25) is 0 Å². The van der Waals surface area contributed by atoms with E-state index in [4.69, 9.17) is 4.74 Å². The topological polar surface area (TPSA) is 77.3 Å². The number of nitrogens with zero attached hydrogens (tertiary/aromatic N) is 2. The highest BCUT2D eigenvalue weighted by Gasteiger charge is 2.16. The molecule has 1 atom stereocenters. The van der Waals surface area contributed by atoms with E-state index >= 15 is 0 Å². The van der Waals surface area contributed by atoms with Crippen molar-refractivity contribution in [2.75, 3.05) is 19.0 Å². The molecule has 1 N–H and O–H groups in total. The number of pyridine rings is 1. The number of methoxy groups -OCH3 is 1. The van der Waals surface area contributed by atoms with Crippen molar-refractivity contribution in [2.45, 2.75) is 25.8 Å². The predicted molar refractivity (Wildman–Crippen MR) is 65.1 cm³/mol. The summed E-state index contributed by atoms with van der Waals surface area (Å²) in [5, 5.41) is 13.9. The molecule has 6 nitrogen and oxygen atoms in total. The second-order valence-corrected chi connectivity index (χ2v) is 3.74. The summed E-state index contributed by atoms with van der Waals surface area (Å²) in [7, 11) is 1.62. The molecular formula is C11H17N3O3. The van der Waals surface area contributed by atoms with Crippen LogP contribution in [0.25, 0.3) is 0 Å². The number of hydrogen-bond acceptors (Lipinski definition) is 5. The van der Waals surface area contributed by atoms with E-state index in [2.05, 4.69) is 17.2 Å². The zero-order valence-electron chi connectivity index (χ0n) is 10.0. The van der Waals surface area contributed by atoms with Gasteiger partial charge in [-0.05, 0) is 12.5 Å². The molecule has 6 heteroatoms. The standard InChI is InChI=1S/C11H17N3O3/c1-3-4-9(8-17-2)13-10-5-6-12-7-11(10)14(15)16/h5-7,9H,3-4,8H2,1-2H3,(H,12,13). The first kappa shape index (κ1) is 13.4. The van der Waals surface area contributed by atoms with Gasteiger partial charge in [-0.25, -0.2) is 0 Å². The van der Waals surface area contributed by atoms with Gasteiger partial charge in [0.05, 0.1) is 11.5 Å². The fourth-order valence-electron chi connectivity index (χ4n) is 1.62. The summed E-state index contributed by atoms with van der Waals surface area (Å²) in [5.74, 6) is 0. The van der Waals surface area contributed by atoms with Crippen LogP contribution in [0, 0.1) is 10.1 Å². The fourth-order valence-corrected chi connectivity index (χ4v) is 1.62. The van der Waals surface area contributed by atoms with Gasteiger partial charge in [-0.3, -0.25) is 15.1 Å². The summed E-state index contributed by atoms with van der Waals surface area (Å²) in [6.07, 6.45) is 4.66. The van der Waals surface area contributed by atoms with Crippen molar-refractivity contribution in [3.8, 4) is 0 Å². The molecule has 94 valence electrons. The van der Waals surface area contributed by atoms with E-state index in [1.54, 1.807) is 13.2 Å². The Labute approximate surface area is 100 Å². The van der Waals surface area contributed by atoms with Crippen LogP contribution >= 0.6 is 0 Å². The third kappa shape index (κ3) is 3.99. The molecule has 0 saturated carbocycles. The Morgan fingerprint density at radius 3 is 3.00 bits per heavy atom. The Morgan fingerprint density at radius 1 is 1.65 bits per heavy atom. The number of rotatable bonds is 7. The van der Waals surface area contributed by atoms with Crippen LogP contribution in [-0.4, -0.2) is 29.7 Å². The Balaban J connectivity index is 2.80. The Kier molecular flexibility index (Phi) is 5.35. The van der Waals surface area contributed by atoms with Crippen LogP contribution in [0.1, 0.15) is 19.8 Å². The highest BCUT2D eigenvalue weighted by atomic mass is 16.6. The average molecular weight is 239 g/mol. The summed E-state index contributed by atoms with van der Waals surface area (Å²) >= 11 is 0. The number of hydrogen-bond donors (Lipinski definition) is 1. The molecule has 0 spiro atoms. The Morgan fingerprint density at radius 2 is 2.41 bits per heavy atom. The summed E-state index contributed by atoms with van der Waals surface area (Å²) in [5.41, 5.74) is 0.477. The Hall–Kier alpha value is -1.69. The summed E-state index contributed by atoms with van der Waals surface area (Å²) < 4.78 is 5.08. The normalized spacial score (nSPS) is 12.1. The van der Waals surface area contributed by atoms with Gasteiger partial charge in [-0.1, -0.05) is 13.3 Å². The third-order valence-corrected chi connectivity index (χ3v) is 2.36. The maximum Gasteiger partial charge on any atom is 0.310 e. The van der Waals surface area contributed by atoms with Crippen molar-refractivity contribution >= 4 is 11.4 Å². The van der Waals surface area contributed by atoms with Crippen molar-refractivity contribution in [2.24, 2.45) is 0 Å². The lowest BCUT2D eigenvalue weighted by atomic mass is 10.1. The van der Waals surface area contributed by atoms with E-state index in [9.17, 15) is 10.1 Å². The van der Waals surface area contributed by atoms with Gasteiger partial charge in [0.25, 0.3) is 0 Å². The SMILES string of the molecule is CCCC(COC)Nc1ccncc1[N+](=O)[O-]. The molecule has 0 amide bonds. The van der Waals surface area contributed by atoms with E-state index in [0.717, 1.165) is 12.8 Å². The van der Waals surface area contributed by atoms with Crippen LogP contribution < -0.4 is 5.32 Å². The van der Waals surface area contributed by atoms with Gasteiger partial charge in [0.2, 0.25) is 0 Å². The van der Waals surface area contributed by atoms with E-state index in [-0.39, 0.29) is 11.7 Å². The molecule has 1 unspecified atom stereocenters. The maximum atomic E-state index is 10.8. The number of nitrogens with one attached hydrogen (secondary N) is 1. The van der Waals surface area contributed by atoms with E-state index in [0.29, 0.717) is 12.3 Å². The molecule has 0 saturated heterocycles. The zero-order valence-corrected chi connectivity index (χ0v) is 10.0. The van der Waals surface area contributed by atoms with Crippen LogP contribution in [0.4, 0.5) is 11.4 Å². The van der Waals surface area contributed by atoms with Gasteiger partial charge >= 0.3 is 5.69 Å². The lowest BCUT2D eigenvalue weighted by Crippen LogP contribution is -2.25. The van der Waals surface area contributed by atoms with Crippen LogP contribution in [0.5, 0.6) is 0 Å². The quantitative estimate of drug-likeness (QED) is 0.583. The largest absolute Gasteiger partial charge is 0.383 e. The molecule has 0 aliphatic heterocycles. The van der Waals surface area contributed by atoms with Crippen molar-refractivity contribution in [3.63, 3.8) is 0 Å². The predicted octanol–water partition coefficient (Wildman–Crippen LogP) is 2.22. The first-order valence-electron chi connectivity index (χ1n) is 5.53. The zero-order chi connectivity index (χ0) is 12.7. The number of aromatic nitrogens is 1. The van der Waals surface area contributed by atoms with Gasteiger partial charge in [-0.2, -0.15) is 0 Å².